The average molecular weight is 378 g/mol. The van der Waals surface area contributed by atoms with Gasteiger partial charge in [0, 0.05) is 24.0 Å². The number of carbonyl (C=O) groups is 1. The minimum atomic E-state index is -0.129. The molecular weight excluding hydrogens is 352 g/mol. The van der Waals surface area contributed by atoms with Crippen LogP contribution in [0.15, 0.2) is 59.0 Å². The smallest absolute Gasteiger partial charge is 0.290 e. The first-order chi connectivity index (χ1) is 13.5. The molecule has 2 unspecified atom stereocenters. The molecule has 0 radical (unpaired) electrons. The Morgan fingerprint density at radius 2 is 1.79 bits per heavy atom. The number of rotatable bonds is 4. The minimum Gasteiger partial charge on any atom is -0.451 e. The molecule has 0 spiro atoms. The molecule has 1 amide bonds. The number of hydrogen-bond donors (Lipinski definition) is 0. The van der Waals surface area contributed by atoms with Gasteiger partial charge in [-0.05, 0) is 32.6 Å². The Bertz CT molecular complexity index is 964. The molecule has 2 heterocycles. The lowest BCUT2D eigenvalue weighted by Crippen LogP contribution is -2.46. The van der Waals surface area contributed by atoms with Gasteiger partial charge in [-0.1, -0.05) is 48.5 Å². The molecule has 0 aliphatic carbocycles. The lowest BCUT2D eigenvalue weighted by Gasteiger charge is -2.36. The van der Waals surface area contributed by atoms with Crippen LogP contribution in [0.2, 0.25) is 0 Å². The van der Waals surface area contributed by atoms with E-state index in [1.54, 1.807) is 0 Å². The second kappa shape index (κ2) is 7.78. The van der Waals surface area contributed by atoms with Crippen molar-refractivity contribution in [2.45, 2.75) is 25.7 Å². The summed E-state index contributed by atoms with van der Waals surface area (Å²) in [5.74, 6) is 0.375. The molecule has 1 fully saturated rings. The normalized spacial score (nSPS) is 20.1. The van der Waals surface area contributed by atoms with E-state index in [4.69, 9.17) is 9.15 Å². The van der Waals surface area contributed by atoms with Gasteiger partial charge in [0.05, 0.1) is 12.6 Å². The van der Waals surface area contributed by atoms with Crippen molar-refractivity contribution in [3.63, 3.8) is 0 Å². The summed E-state index contributed by atoms with van der Waals surface area (Å²) in [4.78, 5) is 17.4. The van der Waals surface area contributed by atoms with Crippen LogP contribution in [-0.2, 0) is 11.3 Å². The Morgan fingerprint density at radius 1 is 1.07 bits per heavy atom. The number of fused-ring (bicyclic) bond motifs is 1. The molecule has 2 atom stereocenters. The maximum atomic E-state index is 13.5. The number of morpholine rings is 1. The van der Waals surface area contributed by atoms with Crippen molar-refractivity contribution >= 4 is 16.9 Å². The van der Waals surface area contributed by atoms with E-state index in [9.17, 15) is 4.79 Å². The molecule has 1 aliphatic heterocycles. The van der Waals surface area contributed by atoms with Gasteiger partial charge in [-0.3, -0.25) is 4.79 Å². The number of furan rings is 1. The van der Waals surface area contributed by atoms with Crippen molar-refractivity contribution in [3.8, 4) is 0 Å². The molecule has 0 saturated carbocycles. The zero-order chi connectivity index (χ0) is 19.7. The Labute approximate surface area is 165 Å². The van der Waals surface area contributed by atoms with E-state index >= 15 is 0 Å². The highest BCUT2D eigenvalue weighted by Crippen LogP contribution is 2.31. The quantitative estimate of drug-likeness (QED) is 0.686. The van der Waals surface area contributed by atoms with Gasteiger partial charge in [0.15, 0.2) is 5.76 Å². The summed E-state index contributed by atoms with van der Waals surface area (Å²) in [5.41, 5.74) is 2.79. The summed E-state index contributed by atoms with van der Waals surface area (Å²) in [5, 5.41) is 1.00. The van der Waals surface area contributed by atoms with E-state index in [1.165, 1.54) is 0 Å². The standard InChI is InChI=1S/C23H26N2O3/c1-16-13-25(15-21(27-16)17-9-5-4-6-10-17)23(26)22-19(14-24(2)3)18-11-7-8-12-20(18)28-22/h4-12,16,21H,13-15H2,1-3H3. The molecule has 1 saturated heterocycles. The van der Waals surface area contributed by atoms with Crippen LogP contribution in [0.1, 0.15) is 34.7 Å². The lowest BCUT2D eigenvalue weighted by molar-refractivity contribution is -0.0697. The summed E-state index contributed by atoms with van der Waals surface area (Å²) >= 11 is 0. The van der Waals surface area contributed by atoms with E-state index in [2.05, 4.69) is 4.90 Å². The van der Waals surface area contributed by atoms with E-state index in [-0.39, 0.29) is 18.1 Å². The van der Waals surface area contributed by atoms with Crippen LogP contribution >= 0.6 is 0 Å². The first-order valence-corrected chi connectivity index (χ1v) is 9.67. The predicted octanol–water partition coefficient (Wildman–Crippen LogP) is 4.10. The second-order valence-corrected chi connectivity index (χ2v) is 7.70. The minimum absolute atomic E-state index is 0.0374. The van der Waals surface area contributed by atoms with Crippen LogP contribution in [0.25, 0.3) is 11.0 Å². The van der Waals surface area contributed by atoms with Crippen molar-refractivity contribution in [2.24, 2.45) is 0 Å². The Kier molecular flexibility index (Phi) is 5.20. The number of ether oxygens (including phenoxy) is 1. The van der Waals surface area contributed by atoms with Crippen molar-refractivity contribution in [2.75, 3.05) is 27.2 Å². The molecule has 2 aromatic carbocycles. The van der Waals surface area contributed by atoms with Gasteiger partial charge in [-0.15, -0.1) is 0 Å². The Morgan fingerprint density at radius 3 is 2.54 bits per heavy atom. The maximum Gasteiger partial charge on any atom is 0.290 e. The topological polar surface area (TPSA) is 45.9 Å². The number of para-hydroxylation sites is 1. The van der Waals surface area contributed by atoms with Gasteiger partial charge < -0.3 is 19.0 Å². The highest BCUT2D eigenvalue weighted by atomic mass is 16.5. The largest absolute Gasteiger partial charge is 0.451 e. The number of amides is 1. The summed E-state index contributed by atoms with van der Waals surface area (Å²) in [6, 6.07) is 17.9. The lowest BCUT2D eigenvalue weighted by atomic mass is 10.1. The third kappa shape index (κ3) is 3.68. The zero-order valence-electron chi connectivity index (χ0n) is 16.6. The molecule has 1 aromatic heterocycles. The fourth-order valence-electron chi connectivity index (χ4n) is 3.86. The van der Waals surface area contributed by atoms with Crippen molar-refractivity contribution in [1.82, 2.24) is 9.80 Å². The van der Waals surface area contributed by atoms with Crippen LogP contribution in [0.5, 0.6) is 0 Å². The molecule has 5 nitrogen and oxygen atoms in total. The Balaban J connectivity index is 1.67. The van der Waals surface area contributed by atoms with Crippen LogP contribution in [0.3, 0.4) is 0 Å². The van der Waals surface area contributed by atoms with Gasteiger partial charge in [0.25, 0.3) is 5.91 Å². The summed E-state index contributed by atoms with van der Waals surface area (Å²) < 4.78 is 12.1. The van der Waals surface area contributed by atoms with Crippen LogP contribution in [0, 0.1) is 0 Å². The molecule has 146 valence electrons. The zero-order valence-corrected chi connectivity index (χ0v) is 16.6. The van der Waals surface area contributed by atoms with Crippen molar-refractivity contribution in [3.05, 3.63) is 71.5 Å². The number of nitrogens with zero attached hydrogens (tertiary/aromatic N) is 2. The summed E-state index contributed by atoms with van der Waals surface area (Å²) in [6.07, 6.45) is -0.167. The molecule has 0 bridgehead atoms. The van der Waals surface area contributed by atoms with E-state index < -0.39 is 0 Å². The van der Waals surface area contributed by atoms with Gasteiger partial charge in [0.2, 0.25) is 0 Å². The van der Waals surface area contributed by atoms with Crippen molar-refractivity contribution in [1.29, 1.82) is 0 Å². The van der Waals surface area contributed by atoms with E-state index in [0.29, 0.717) is 25.4 Å². The van der Waals surface area contributed by atoms with Gasteiger partial charge in [-0.2, -0.15) is 0 Å². The number of hydrogen-bond acceptors (Lipinski definition) is 4. The average Bonchev–Trinajstić information content (AvgIpc) is 3.05. The predicted molar refractivity (Wildman–Crippen MR) is 109 cm³/mol. The monoisotopic (exact) mass is 378 g/mol. The van der Waals surface area contributed by atoms with Gasteiger partial charge in [-0.25, -0.2) is 0 Å². The molecule has 28 heavy (non-hydrogen) atoms. The maximum absolute atomic E-state index is 13.5. The van der Waals surface area contributed by atoms with Crippen LogP contribution in [-0.4, -0.2) is 49.0 Å². The SMILES string of the molecule is CC1CN(C(=O)c2oc3ccccc3c2CN(C)C)CC(c2ccccc2)O1. The fraction of sp³-hybridized carbons (Fsp3) is 0.348. The molecule has 4 rings (SSSR count). The molecule has 0 N–H and O–H groups in total. The Hall–Kier alpha value is -2.63. The van der Waals surface area contributed by atoms with Crippen molar-refractivity contribution < 1.29 is 13.9 Å². The first kappa shape index (κ1) is 18.7. The fourth-order valence-corrected chi connectivity index (χ4v) is 3.86. The van der Waals surface area contributed by atoms with E-state index in [0.717, 1.165) is 22.1 Å². The third-order valence-electron chi connectivity index (χ3n) is 5.09. The molecule has 3 aromatic rings. The van der Waals surface area contributed by atoms with Crippen LogP contribution < -0.4 is 0 Å². The number of carbonyl (C=O) groups excluding carboxylic acids is 1. The van der Waals surface area contributed by atoms with Gasteiger partial charge >= 0.3 is 0 Å². The highest BCUT2D eigenvalue weighted by molar-refractivity contribution is 5.99. The first-order valence-electron chi connectivity index (χ1n) is 9.67. The summed E-state index contributed by atoms with van der Waals surface area (Å²) in [6.45, 7) is 3.74. The molecular formula is C23H26N2O3. The van der Waals surface area contributed by atoms with Crippen LogP contribution in [0.4, 0.5) is 0 Å². The summed E-state index contributed by atoms with van der Waals surface area (Å²) in [7, 11) is 4.00. The van der Waals surface area contributed by atoms with E-state index in [1.807, 2.05) is 80.5 Å². The third-order valence-corrected chi connectivity index (χ3v) is 5.09. The molecule has 5 heteroatoms. The highest BCUT2D eigenvalue weighted by Gasteiger charge is 2.33. The molecule has 1 aliphatic rings. The number of benzene rings is 2. The van der Waals surface area contributed by atoms with Gasteiger partial charge in [0.1, 0.15) is 11.7 Å². The second-order valence-electron chi connectivity index (χ2n) is 7.70.